The molecule has 2 atom stereocenters. The Bertz CT molecular complexity index is 202. The standard InChI is InChI=1S/C9H18N2O3/c1-2-7(10)8(12)11-5-9(13)3-4-14-6-9/h7,13H,2-6,10H2,1H3,(H,11,12)/t7-,9?/m1/s1. The Morgan fingerprint density at radius 3 is 3.00 bits per heavy atom. The summed E-state index contributed by atoms with van der Waals surface area (Å²) in [6.45, 7) is 2.90. The summed E-state index contributed by atoms with van der Waals surface area (Å²) in [5, 5.41) is 12.4. The first-order valence-corrected chi connectivity index (χ1v) is 4.91. The molecule has 4 N–H and O–H groups in total. The first-order valence-electron chi connectivity index (χ1n) is 4.91. The molecule has 1 rings (SSSR count). The van der Waals surface area contributed by atoms with Gasteiger partial charge in [0.25, 0.3) is 0 Å². The van der Waals surface area contributed by atoms with Crippen LogP contribution in [-0.2, 0) is 9.53 Å². The fourth-order valence-corrected chi connectivity index (χ4v) is 1.30. The van der Waals surface area contributed by atoms with Gasteiger partial charge in [-0.3, -0.25) is 4.79 Å². The molecule has 0 saturated carbocycles. The highest BCUT2D eigenvalue weighted by Crippen LogP contribution is 2.16. The lowest BCUT2D eigenvalue weighted by atomic mass is 10.0. The molecule has 0 spiro atoms. The zero-order chi connectivity index (χ0) is 10.6. The van der Waals surface area contributed by atoms with Crippen LogP contribution in [0.2, 0.25) is 0 Å². The maximum Gasteiger partial charge on any atom is 0.237 e. The fraction of sp³-hybridized carbons (Fsp3) is 0.889. The van der Waals surface area contributed by atoms with Crippen molar-refractivity contribution in [3.05, 3.63) is 0 Å². The van der Waals surface area contributed by atoms with E-state index in [4.69, 9.17) is 10.5 Å². The van der Waals surface area contributed by atoms with Crippen molar-refractivity contribution in [2.75, 3.05) is 19.8 Å². The van der Waals surface area contributed by atoms with Crippen LogP contribution in [0.25, 0.3) is 0 Å². The van der Waals surface area contributed by atoms with E-state index in [1.165, 1.54) is 0 Å². The number of amides is 1. The zero-order valence-corrected chi connectivity index (χ0v) is 8.45. The molecule has 1 saturated heterocycles. The van der Waals surface area contributed by atoms with Crippen molar-refractivity contribution in [2.24, 2.45) is 5.73 Å². The lowest BCUT2D eigenvalue weighted by molar-refractivity contribution is -0.123. The molecule has 1 unspecified atom stereocenters. The normalized spacial score (nSPS) is 28.8. The van der Waals surface area contributed by atoms with Crippen molar-refractivity contribution in [3.63, 3.8) is 0 Å². The fourth-order valence-electron chi connectivity index (χ4n) is 1.30. The van der Waals surface area contributed by atoms with Crippen LogP contribution in [0.15, 0.2) is 0 Å². The van der Waals surface area contributed by atoms with E-state index in [9.17, 15) is 9.90 Å². The molecular formula is C9H18N2O3. The second kappa shape index (κ2) is 4.72. The predicted molar refractivity (Wildman–Crippen MR) is 51.7 cm³/mol. The lowest BCUT2D eigenvalue weighted by Gasteiger charge is -2.21. The topological polar surface area (TPSA) is 84.6 Å². The van der Waals surface area contributed by atoms with Gasteiger partial charge in [0.1, 0.15) is 5.60 Å². The van der Waals surface area contributed by atoms with Gasteiger partial charge >= 0.3 is 0 Å². The molecule has 1 aliphatic rings. The average Bonchev–Trinajstić information content (AvgIpc) is 2.61. The first kappa shape index (κ1) is 11.4. The highest BCUT2D eigenvalue weighted by Gasteiger charge is 2.32. The van der Waals surface area contributed by atoms with E-state index in [2.05, 4.69) is 5.32 Å². The zero-order valence-electron chi connectivity index (χ0n) is 8.45. The van der Waals surface area contributed by atoms with Gasteiger partial charge in [0, 0.05) is 19.6 Å². The summed E-state index contributed by atoms with van der Waals surface area (Å²) >= 11 is 0. The first-order chi connectivity index (χ1) is 6.57. The van der Waals surface area contributed by atoms with Gasteiger partial charge in [-0.2, -0.15) is 0 Å². The van der Waals surface area contributed by atoms with E-state index in [0.717, 1.165) is 0 Å². The van der Waals surface area contributed by atoms with Crippen LogP contribution in [0.1, 0.15) is 19.8 Å². The number of carbonyl (C=O) groups is 1. The van der Waals surface area contributed by atoms with E-state index in [-0.39, 0.29) is 19.1 Å². The Morgan fingerprint density at radius 1 is 1.79 bits per heavy atom. The second-order valence-electron chi connectivity index (χ2n) is 3.76. The molecule has 0 radical (unpaired) electrons. The van der Waals surface area contributed by atoms with Gasteiger partial charge in [-0.25, -0.2) is 0 Å². The van der Waals surface area contributed by atoms with Crippen molar-refractivity contribution in [2.45, 2.75) is 31.4 Å². The minimum absolute atomic E-state index is 0.215. The van der Waals surface area contributed by atoms with Crippen LogP contribution in [-0.4, -0.2) is 42.4 Å². The van der Waals surface area contributed by atoms with E-state index in [1.807, 2.05) is 6.92 Å². The number of nitrogens with two attached hydrogens (primary N) is 1. The van der Waals surface area contributed by atoms with Crippen molar-refractivity contribution in [1.82, 2.24) is 5.32 Å². The highest BCUT2D eigenvalue weighted by molar-refractivity contribution is 5.81. The molecule has 0 bridgehead atoms. The molecule has 1 fully saturated rings. The Hall–Kier alpha value is -0.650. The number of hydrogen-bond donors (Lipinski definition) is 3. The molecule has 0 aromatic rings. The Kier molecular flexibility index (Phi) is 3.86. The number of aliphatic hydroxyl groups is 1. The summed E-state index contributed by atoms with van der Waals surface area (Å²) in [6, 6.07) is -0.485. The van der Waals surface area contributed by atoms with Crippen molar-refractivity contribution in [3.8, 4) is 0 Å². The van der Waals surface area contributed by atoms with Crippen LogP contribution in [0.3, 0.4) is 0 Å². The molecular weight excluding hydrogens is 184 g/mol. The summed E-state index contributed by atoms with van der Waals surface area (Å²) in [5.74, 6) is -0.215. The molecule has 1 amide bonds. The largest absolute Gasteiger partial charge is 0.386 e. The Morgan fingerprint density at radius 2 is 2.50 bits per heavy atom. The third-order valence-corrected chi connectivity index (χ3v) is 2.45. The van der Waals surface area contributed by atoms with Gasteiger partial charge in [0.2, 0.25) is 5.91 Å². The number of nitrogens with one attached hydrogen (secondary N) is 1. The minimum Gasteiger partial charge on any atom is -0.386 e. The van der Waals surface area contributed by atoms with Gasteiger partial charge < -0.3 is 20.9 Å². The summed E-state index contributed by atoms with van der Waals surface area (Å²) in [4.78, 5) is 11.3. The summed E-state index contributed by atoms with van der Waals surface area (Å²) < 4.78 is 5.05. The molecule has 0 aromatic carbocycles. The molecule has 82 valence electrons. The Balaban J connectivity index is 2.29. The van der Waals surface area contributed by atoms with Gasteiger partial charge in [0.15, 0.2) is 0 Å². The smallest absolute Gasteiger partial charge is 0.237 e. The average molecular weight is 202 g/mol. The molecule has 1 aliphatic heterocycles. The van der Waals surface area contributed by atoms with E-state index in [1.54, 1.807) is 0 Å². The summed E-state index contributed by atoms with van der Waals surface area (Å²) in [5.41, 5.74) is 4.62. The monoisotopic (exact) mass is 202 g/mol. The third-order valence-electron chi connectivity index (χ3n) is 2.45. The quantitative estimate of drug-likeness (QED) is 0.545. The summed E-state index contributed by atoms with van der Waals surface area (Å²) in [6.07, 6.45) is 1.16. The number of hydrogen-bond acceptors (Lipinski definition) is 4. The number of ether oxygens (including phenoxy) is 1. The van der Waals surface area contributed by atoms with Gasteiger partial charge in [-0.15, -0.1) is 0 Å². The molecule has 5 nitrogen and oxygen atoms in total. The third kappa shape index (κ3) is 2.94. The van der Waals surface area contributed by atoms with Crippen LogP contribution in [0, 0.1) is 0 Å². The van der Waals surface area contributed by atoms with Crippen LogP contribution < -0.4 is 11.1 Å². The van der Waals surface area contributed by atoms with Crippen molar-refractivity contribution in [1.29, 1.82) is 0 Å². The maximum atomic E-state index is 11.3. The number of carbonyl (C=O) groups excluding carboxylic acids is 1. The molecule has 1 heterocycles. The van der Waals surface area contributed by atoms with Crippen molar-refractivity contribution < 1.29 is 14.6 Å². The van der Waals surface area contributed by atoms with Crippen LogP contribution in [0.5, 0.6) is 0 Å². The van der Waals surface area contributed by atoms with Crippen LogP contribution >= 0.6 is 0 Å². The molecule has 0 aliphatic carbocycles. The van der Waals surface area contributed by atoms with Gasteiger partial charge in [-0.1, -0.05) is 6.92 Å². The second-order valence-corrected chi connectivity index (χ2v) is 3.76. The van der Waals surface area contributed by atoms with E-state index >= 15 is 0 Å². The van der Waals surface area contributed by atoms with Crippen LogP contribution in [0.4, 0.5) is 0 Å². The van der Waals surface area contributed by atoms with E-state index in [0.29, 0.717) is 19.4 Å². The number of rotatable bonds is 4. The molecule has 0 aromatic heterocycles. The molecule has 14 heavy (non-hydrogen) atoms. The minimum atomic E-state index is -0.900. The van der Waals surface area contributed by atoms with Gasteiger partial charge in [-0.05, 0) is 6.42 Å². The predicted octanol–water partition coefficient (Wildman–Crippen LogP) is -1.01. The van der Waals surface area contributed by atoms with Crippen molar-refractivity contribution >= 4 is 5.91 Å². The maximum absolute atomic E-state index is 11.3. The molecule has 5 heteroatoms. The van der Waals surface area contributed by atoms with E-state index < -0.39 is 11.6 Å². The van der Waals surface area contributed by atoms with Gasteiger partial charge in [0.05, 0.1) is 12.6 Å². The SMILES string of the molecule is CC[C@@H](N)C(=O)NCC1(O)CCOC1. The lowest BCUT2D eigenvalue weighted by Crippen LogP contribution is -2.48. The highest BCUT2D eigenvalue weighted by atomic mass is 16.5. The Labute approximate surface area is 83.6 Å². The summed E-state index contributed by atoms with van der Waals surface area (Å²) in [7, 11) is 0.